The number of hydrogen-bond donors (Lipinski definition) is 1. The van der Waals surface area contributed by atoms with Crippen LogP contribution in [0.2, 0.25) is 0 Å². The first kappa shape index (κ1) is 14.2. The Bertz CT molecular complexity index is 835. The summed E-state index contributed by atoms with van der Waals surface area (Å²) in [4.78, 5) is 18.9. The highest BCUT2D eigenvalue weighted by molar-refractivity contribution is 7.86. The molecule has 2 heterocycles. The van der Waals surface area contributed by atoms with Crippen molar-refractivity contribution in [3.63, 3.8) is 0 Å². The summed E-state index contributed by atoms with van der Waals surface area (Å²) in [6, 6.07) is 0.260. The number of aromatic nitrogens is 4. The maximum absolute atomic E-state index is 12.1. The van der Waals surface area contributed by atoms with Crippen molar-refractivity contribution >= 4 is 21.2 Å². The molecule has 0 aromatic carbocycles. The maximum Gasteiger partial charge on any atom is 0.265 e. The van der Waals surface area contributed by atoms with Crippen LogP contribution < -0.4 is 5.56 Å². The molecule has 0 radical (unpaired) electrons. The minimum Gasteiger partial charge on any atom is -0.308 e. The second-order valence-electron chi connectivity index (χ2n) is 5.30. The molecule has 1 aliphatic rings. The zero-order valence-electron chi connectivity index (χ0n) is 11.7. The molecule has 1 aliphatic carbocycles. The van der Waals surface area contributed by atoms with Crippen molar-refractivity contribution < 1.29 is 12.6 Å². The Labute approximate surface area is 121 Å². The highest BCUT2D eigenvalue weighted by atomic mass is 32.2. The van der Waals surface area contributed by atoms with Gasteiger partial charge in [0.2, 0.25) is 0 Å². The van der Waals surface area contributed by atoms with Gasteiger partial charge >= 0.3 is 0 Å². The minimum absolute atomic E-state index is 0.180. The van der Waals surface area contributed by atoms with Gasteiger partial charge in [-0.2, -0.15) is 13.5 Å². The third-order valence-electron chi connectivity index (χ3n) is 3.61. The van der Waals surface area contributed by atoms with Crippen LogP contribution in [0.5, 0.6) is 0 Å². The van der Waals surface area contributed by atoms with Gasteiger partial charge in [-0.1, -0.05) is 0 Å². The number of fused-ring (bicyclic) bond motifs is 1. The molecule has 2 aromatic heterocycles. The normalized spacial score (nSPS) is 17.8. The van der Waals surface area contributed by atoms with E-state index in [-0.39, 0.29) is 17.4 Å². The van der Waals surface area contributed by atoms with Gasteiger partial charge in [0.1, 0.15) is 17.3 Å². The molecule has 114 valence electrons. The predicted molar refractivity (Wildman–Crippen MR) is 75.4 cm³/mol. The molecule has 0 spiro atoms. The summed E-state index contributed by atoms with van der Waals surface area (Å²) in [5, 5.41) is 4.63. The number of rotatable bonds is 4. The molecule has 1 unspecified atom stereocenters. The highest BCUT2D eigenvalue weighted by Crippen LogP contribution is 2.32. The monoisotopic (exact) mass is 312 g/mol. The average molecular weight is 312 g/mol. The molecule has 0 bridgehead atoms. The van der Waals surface area contributed by atoms with Gasteiger partial charge in [-0.15, -0.1) is 0 Å². The van der Waals surface area contributed by atoms with Crippen LogP contribution >= 0.6 is 0 Å². The topological polar surface area (TPSA) is 107 Å². The summed E-state index contributed by atoms with van der Waals surface area (Å²) in [5.41, 5.74) is 0.131. The molecule has 8 nitrogen and oxygen atoms in total. The molecule has 1 N–H and O–H groups in total. The molecular formula is C12H16N4O4S. The first-order valence-electron chi connectivity index (χ1n) is 6.71. The lowest BCUT2D eigenvalue weighted by Gasteiger charge is -2.25. The van der Waals surface area contributed by atoms with E-state index in [9.17, 15) is 13.2 Å². The average Bonchev–Trinajstić information content (AvgIpc) is 2.69. The number of nitrogens with zero attached hydrogens (tertiary/aromatic N) is 3. The number of nitrogens with one attached hydrogen (secondary N) is 1. The van der Waals surface area contributed by atoms with Gasteiger partial charge in [-0.05, 0) is 26.2 Å². The summed E-state index contributed by atoms with van der Waals surface area (Å²) in [7, 11) is -3.63. The summed E-state index contributed by atoms with van der Waals surface area (Å²) in [6.45, 7) is 1.52. The summed E-state index contributed by atoms with van der Waals surface area (Å²) in [5.74, 6) is 0.180. The number of H-pyrrole nitrogens is 1. The molecule has 1 atom stereocenters. The smallest absolute Gasteiger partial charge is 0.265 e. The number of aromatic amines is 1. The van der Waals surface area contributed by atoms with Gasteiger partial charge in [-0.3, -0.25) is 8.98 Å². The minimum atomic E-state index is -3.63. The highest BCUT2D eigenvalue weighted by Gasteiger charge is 2.24. The molecule has 0 saturated heterocycles. The summed E-state index contributed by atoms with van der Waals surface area (Å²) < 4.78 is 29.0. The van der Waals surface area contributed by atoms with Crippen molar-refractivity contribution in [2.75, 3.05) is 6.26 Å². The molecule has 1 saturated carbocycles. The van der Waals surface area contributed by atoms with Crippen molar-refractivity contribution in [3.8, 4) is 0 Å². The van der Waals surface area contributed by atoms with Gasteiger partial charge in [-0.25, -0.2) is 9.67 Å². The van der Waals surface area contributed by atoms with Crippen LogP contribution in [0.4, 0.5) is 0 Å². The summed E-state index contributed by atoms with van der Waals surface area (Å²) in [6.07, 6.45) is 4.74. The summed E-state index contributed by atoms with van der Waals surface area (Å²) >= 11 is 0. The Morgan fingerprint density at radius 1 is 1.48 bits per heavy atom. The van der Waals surface area contributed by atoms with E-state index in [0.717, 1.165) is 25.5 Å². The molecule has 1 fully saturated rings. The van der Waals surface area contributed by atoms with E-state index >= 15 is 0 Å². The maximum atomic E-state index is 12.1. The lowest BCUT2D eigenvalue weighted by molar-refractivity contribution is 0.226. The van der Waals surface area contributed by atoms with E-state index < -0.39 is 16.2 Å². The second kappa shape index (κ2) is 4.92. The van der Waals surface area contributed by atoms with E-state index in [1.54, 1.807) is 4.68 Å². The fraction of sp³-hybridized carbons (Fsp3) is 0.583. The van der Waals surface area contributed by atoms with Crippen molar-refractivity contribution in [1.82, 2.24) is 19.7 Å². The van der Waals surface area contributed by atoms with Crippen LogP contribution in [-0.4, -0.2) is 34.4 Å². The fourth-order valence-electron chi connectivity index (χ4n) is 2.35. The van der Waals surface area contributed by atoms with Crippen LogP contribution in [0, 0.1) is 0 Å². The molecular weight excluding hydrogens is 296 g/mol. The lowest BCUT2D eigenvalue weighted by atomic mass is 9.93. The van der Waals surface area contributed by atoms with Crippen LogP contribution in [0.25, 0.3) is 11.0 Å². The standard InChI is InChI=1S/C12H16N4O4S/c1-7(20-21(2,18)19)10-14-11-9(12(17)15-10)6-13-16(11)8-4-3-5-8/h6-8H,3-5H2,1-2H3,(H,14,15,17). The van der Waals surface area contributed by atoms with E-state index in [0.29, 0.717) is 11.0 Å². The molecule has 21 heavy (non-hydrogen) atoms. The second-order valence-corrected chi connectivity index (χ2v) is 6.91. The van der Waals surface area contributed by atoms with E-state index in [4.69, 9.17) is 4.18 Å². The van der Waals surface area contributed by atoms with E-state index in [2.05, 4.69) is 15.1 Å². The van der Waals surface area contributed by atoms with Gasteiger partial charge < -0.3 is 4.98 Å². The first-order chi connectivity index (χ1) is 9.85. The van der Waals surface area contributed by atoms with E-state index in [1.165, 1.54) is 13.1 Å². The lowest BCUT2D eigenvalue weighted by Crippen LogP contribution is -2.21. The van der Waals surface area contributed by atoms with Crippen molar-refractivity contribution in [2.24, 2.45) is 0 Å². The zero-order chi connectivity index (χ0) is 15.2. The quantitative estimate of drug-likeness (QED) is 0.840. The predicted octanol–water partition coefficient (Wildman–Crippen LogP) is 0.882. The zero-order valence-corrected chi connectivity index (χ0v) is 12.6. The van der Waals surface area contributed by atoms with Crippen LogP contribution in [0.1, 0.15) is 44.2 Å². The Kier molecular flexibility index (Phi) is 3.33. The first-order valence-corrected chi connectivity index (χ1v) is 8.52. The Balaban J connectivity index is 2.06. The largest absolute Gasteiger partial charge is 0.308 e. The van der Waals surface area contributed by atoms with Gasteiger partial charge in [0.05, 0.1) is 18.5 Å². The van der Waals surface area contributed by atoms with Crippen LogP contribution in [0.15, 0.2) is 11.0 Å². The van der Waals surface area contributed by atoms with Crippen LogP contribution in [-0.2, 0) is 14.3 Å². The van der Waals surface area contributed by atoms with Crippen molar-refractivity contribution in [3.05, 3.63) is 22.4 Å². The Morgan fingerprint density at radius 3 is 2.76 bits per heavy atom. The van der Waals surface area contributed by atoms with Crippen LogP contribution in [0.3, 0.4) is 0 Å². The Morgan fingerprint density at radius 2 is 2.19 bits per heavy atom. The molecule has 0 aliphatic heterocycles. The molecule has 9 heteroatoms. The molecule has 2 aromatic rings. The van der Waals surface area contributed by atoms with Gasteiger partial charge in [0.25, 0.3) is 15.7 Å². The molecule has 0 amide bonds. The Hall–Kier alpha value is -1.74. The fourth-order valence-corrected chi connectivity index (χ4v) is 2.97. The van der Waals surface area contributed by atoms with Gasteiger partial charge in [0.15, 0.2) is 5.65 Å². The third kappa shape index (κ3) is 2.70. The van der Waals surface area contributed by atoms with Crippen molar-refractivity contribution in [2.45, 2.75) is 38.3 Å². The number of hydrogen-bond acceptors (Lipinski definition) is 6. The van der Waals surface area contributed by atoms with Gasteiger partial charge in [0, 0.05) is 0 Å². The van der Waals surface area contributed by atoms with Crippen molar-refractivity contribution in [1.29, 1.82) is 0 Å². The third-order valence-corrected chi connectivity index (χ3v) is 4.24. The SMILES string of the molecule is CC(OS(C)(=O)=O)c1nc2c(cnn2C2CCC2)c(=O)[nH]1. The molecule has 3 rings (SSSR count). The van der Waals surface area contributed by atoms with E-state index in [1.807, 2.05) is 0 Å².